The Kier molecular flexibility index (Phi) is 6.26. The molecule has 3 aromatic rings. The Morgan fingerprint density at radius 3 is 2.55 bits per heavy atom. The van der Waals surface area contributed by atoms with Gasteiger partial charge in [-0.15, -0.1) is 0 Å². The van der Waals surface area contributed by atoms with E-state index in [-0.39, 0.29) is 11.8 Å². The van der Waals surface area contributed by atoms with Crippen LogP contribution < -0.4 is 15.0 Å². The Bertz CT molecular complexity index is 1070. The highest BCUT2D eigenvalue weighted by Gasteiger charge is 2.26. The van der Waals surface area contributed by atoms with Gasteiger partial charge in [-0.3, -0.25) is 14.6 Å². The van der Waals surface area contributed by atoms with Gasteiger partial charge in [0, 0.05) is 41.4 Å². The van der Waals surface area contributed by atoms with E-state index in [4.69, 9.17) is 4.74 Å². The Labute approximate surface area is 181 Å². The fourth-order valence-corrected chi connectivity index (χ4v) is 3.56. The van der Waals surface area contributed by atoms with Gasteiger partial charge in [0.25, 0.3) is 11.8 Å². The van der Waals surface area contributed by atoms with Crippen molar-refractivity contribution in [2.24, 2.45) is 0 Å². The maximum atomic E-state index is 12.9. The van der Waals surface area contributed by atoms with E-state index < -0.39 is 0 Å². The van der Waals surface area contributed by atoms with Crippen LogP contribution >= 0.6 is 0 Å². The maximum Gasteiger partial charge on any atom is 0.258 e. The van der Waals surface area contributed by atoms with Crippen molar-refractivity contribution in [2.75, 3.05) is 23.4 Å². The summed E-state index contributed by atoms with van der Waals surface area (Å²) < 4.78 is 5.65. The number of unbranched alkanes of at least 4 members (excludes halogenated alkanes) is 1. The molecule has 1 aliphatic rings. The number of nitrogens with one attached hydrogen (secondary N) is 1. The first-order valence-corrected chi connectivity index (χ1v) is 10.5. The minimum atomic E-state index is -0.204. The van der Waals surface area contributed by atoms with Gasteiger partial charge in [-0.2, -0.15) is 0 Å². The molecule has 2 aromatic carbocycles. The minimum absolute atomic E-state index is 0.0664. The van der Waals surface area contributed by atoms with Crippen LogP contribution in [-0.4, -0.2) is 29.9 Å². The lowest BCUT2D eigenvalue weighted by Gasteiger charge is -2.18. The number of carbonyl (C=O) groups is 2. The van der Waals surface area contributed by atoms with Gasteiger partial charge in [0.15, 0.2) is 0 Å². The zero-order valence-corrected chi connectivity index (χ0v) is 17.5. The van der Waals surface area contributed by atoms with Crippen LogP contribution in [0.4, 0.5) is 11.4 Å². The number of fused-ring (bicyclic) bond motifs is 1. The van der Waals surface area contributed by atoms with Crippen LogP contribution in [0.15, 0.2) is 67.0 Å². The lowest BCUT2D eigenvalue weighted by atomic mass is 10.1. The van der Waals surface area contributed by atoms with Crippen molar-refractivity contribution < 1.29 is 14.3 Å². The first-order valence-electron chi connectivity index (χ1n) is 10.5. The highest BCUT2D eigenvalue weighted by atomic mass is 16.5. The van der Waals surface area contributed by atoms with Crippen molar-refractivity contribution in [2.45, 2.75) is 26.2 Å². The molecule has 2 heterocycles. The fourth-order valence-electron chi connectivity index (χ4n) is 3.56. The molecule has 6 nitrogen and oxygen atoms in total. The quantitative estimate of drug-likeness (QED) is 0.567. The second-order valence-electron chi connectivity index (χ2n) is 7.47. The molecule has 158 valence electrons. The number of amides is 2. The monoisotopic (exact) mass is 415 g/mol. The minimum Gasteiger partial charge on any atom is -0.494 e. The summed E-state index contributed by atoms with van der Waals surface area (Å²) in [7, 11) is 0. The molecular weight excluding hydrogens is 390 g/mol. The standard InChI is InChI=1S/C25H25N3O3/c1-2-3-16-31-22-8-5-19(6-9-22)24(29)27-21-7-4-18-12-15-28(23(18)17-21)25(30)20-10-13-26-14-11-20/h4-11,13-14,17H,2-3,12,15-16H2,1H3,(H,27,29). The molecule has 0 unspecified atom stereocenters. The van der Waals surface area contributed by atoms with E-state index in [9.17, 15) is 9.59 Å². The third-order valence-electron chi connectivity index (χ3n) is 5.29. The highest BCUT2D eigenvalue weighted by molar-refractivity contribution is 6.08. The molecule has 0 spiro atoms. The van der Waals surface area contributed by atoms with Gasteiger partial charge in [0.05, 0.1) is 6.61 Å². The summed E-state index contributed by atoms with van der Waals surface area (Å²) in [6.45, 7) is 3.41. The summed E-state index contributed by atoms with van der Waals surface area (Å²) in [5.41, 5.74) is 3.72. The number of carbonyl (C=O) groups excluding carboxylic acids is 2. The zero-order chi connectivity index (χ0) is 21.6. The first kappa shape index (κ1) is 20.6. The predicted molar refractivity (Wildman–Crippen MR) is 121 cm³/mol. The topological polar surface area (TPSA) is 71.5 Å². The van der Waals surface area contributed by atoms with Crippen LogP contribution in [-0.2, 0) is 6.42 Å². The molecule has 0 radical (unpaired) electrons. The van der Waals surface area contributed by atoms with Crippen molar-refractivity contribution in [3.8, 4) is 5.75 Å². The van der Waals surface area contributed by atoms with Gasteiger partial charge in [-0.1, -0.05) is 19.4 Å². The largest absolute Gasteiger partial charge is 0.494 e. The molecule has 4 rings (SSSR count). The second kappa shape index (κ2) is 9.43. The van der Waals surface area contributed by atoms with E-state index in [1.54, 1.807) is 41.6 Å². The molecule has 1 aromatic heterocycles. The SMILES string of the molecule is CCCCOc1ccc(C(=O)Nc2ccc3c(c2)N(C(=O)c2ccncc2)CC3)cc1. The van der Waals surface area contributed by atoms with Gasteiger partial charge >= 0.3 is 0 Å². The van der Waals surface area contributed by atoms with Crippen molar-refractivity contribution in [3.63, 3.8) is 0 Å². The first-order chi connectivity index (χ1) is 15.2. The van der Waals surface area contributed by atoms with E-state index in [0.717, 1.165) is 36.3 Å². The molecule has 31 heavy (non-hydrogen) atoms. The summed E-state index contributed by atoms with van der Waals surface area (Å²) in [6.07, 6.45) is 6.09. The normalized spacial score (nSPS) is 12.4. The van der Waals surface area contributed by atoms with Gasteiger partial charge in [-0.05, 0) is 66.9 Å². The van der Waals surface area contributed by atoms with E-state index in [2.05, 4.69) is 17.2 Å². The molecule has 1 N–H and O–H groups in total. The third-order valence-corrected chi connectivity index (χ3v) is 5.29. The molecule has 0 aliphatic carbocycles. The average Bonchev–Trinajstić information content (AvgIpc) is 3.23. The van der Waals surface area contributed by atoms with Crippen LogP contribution in [0.1, 0.15) is 46.0 Å². The van der Waals surface area contributed by atoms with E-state index in [1.807, 2.05) is 30.3 Å². The average molecular weight is 415 g/mol. The van der Waals surface area contributed by atoms with Crippen LogP contribution in [0.5, 0.6) is 5.75 Å². The number of anilines is 2. The van der Waals surface area contributed by atoms with E-state index in [1.165, 1.54) is 0 Å². The smallest absolute Gasteiger partial charge is 0.258 e. The van der Waals surface area contributed by atoms with Gasteiger partial charge in [-0.25, -0.2) is 0 Å². The number of pyridine rings is 1. The number of hydrogen-bond acceptors (Lipinski definition) is 4. The van der Waals surface area contributed by atoms with Crippen molar-refractivity contribution >= 4 is 23.2 Å². The van der Waals surface area contributed by atoms with Crippen molar-refractivity contribution in [1.82, 2.24) is 4.98 Å². The summed E-state index contributed by atoms with van der Waals surface area (Å²) in [5, 5.41) is 2.93. The van der Waals surface area contributed by atoms with Gasteiger partial charge in [0.1, 0.15) is 5.75 Å². The number of nitrogens with zero attached hydrogens (tertiary/aromatic N) is 2. The van der Waals surface area contributed by atoms with E-state index >= 15 is 0 Å². The Morgan fingerprint density at radius 2 is 1.81 bits per heavy atom. The lowest BCUT2D eigenvalue weighted by molar-refractivity contribution is 0.0988. The van der Waals surface area contributed by atoms with Crippen molar-refractivity contribution in [1.29, 1.82) is 0 Å². The van der Waals surface area contributed by atoms with Crippen LogP contribution in [0.25, 0.3) is 0 Å². The summed E-state index contributed by atoms with van der Waals surface area (Å²) in [4.78, 5) is 31.3. The molecule has 0 fully saturated rings. The number of rotatable bonds is 7. The van der Waals surface area contributed by atoms with E-state index in [0.29, 0.717) is 30.0 Å². The molecule has 0 saturated heterocycles. The van der Waals surface area contributed by atoms with Crippen LogP contribution in [0.3, 0.4) is 0 Å². The summed E-state index contributed by atoms with van der Waals surface area (Å²) in [6, 6.07) is 16.2. The second-order valence-corrected chi connectivity index (χ2v) is 7.47. The third kappa shape index (κ3) is 4.74. The zero-order valence-electron chi connectivity index (χ0n) is 17.5. The van der Waals surface area contributed by atoms with Crippen molar-refractivity contribution in [3.05, 3.63) is 83.7 Å². The number of ether oxygens (including phenoxy) is 1. The fraction of sp³-hybridized carbons (Fsp3) is 0.240. The molecule has 2 amide bonds. The predicted octanol–water partition coefficient (Wildman–Crippen LogP) is 4.72. The molecule has 0 atom stereocenters. The number of aromatic nitrogens is 1. The Morgan fingerprint density at radius 1 is 1.03 bits per heavy atom. The molecule has 0 saturated carbocycles. The van der Waals surface area contributed by atoms with Gasteiger partial charge in [0.2, 0.25) is 0 Å². The summed E-state index contributed by atoms with van der Waals surface area (Å²) >= 11 is 0. The Balaban J connectivity index is 1.45. The number of benzene rings is 2. The molecule has 1 aliphatic heterocycles. The van der Waals surface area contributed by atoms with Crippen LogP contribution in [0, 0.1) is 0 Å². The molecule has 6 heteroatoms. The van der Waals surface area contributed by atoms with Crippen LogP contribution in [0.2, 0.25) is 0 Å². The maximum absolute atomic E-state index is 12.9. The molecular formula is C25H25N3O3. The summed E-state index contributed by atoms with van der Waals surface area (Å²) in [5.74, 6) is 0.487. The van der Waals surface area contributed by atoms with Gasteiger partial charge < -0.3 is 15.0 Å². The Hall–Kier alpha value is -3.67. The molecule has 0 bridgehead atoms. The lowest BCUT2D eigenvalue weighted by Crippen LogP contribution is -2.28. The highest BCUT2D eigenvalue weighted by Crippen LogP contribution is 2.32. The number of hydrogen-bond donors (Lipinski definition) is 1.